The Kier molecular flexibility index (Phi) is 3.82. The van der Waals surface area contributed by atoms with Crippen LogP contribution >= 0.6 is 0 Å². The molecular weight excluding hydrogens is 264 g/mol. The second-order valence-corrected chi connectivity index (χ2v) is 6.36. The summed E-state index contributed by atoms with van der Waals surface area (Å²) in [4.78, 5) is 0.151. The molecule has 0 radical (unpaired) electrons. The van der Waals surface area contributed by atoms with Crippen LogP contribution in [0, 0.1) is 0 Å². The van der Waals surface area contributed by atoms with Gasteiger partial charge in [-0.05, 0) is 25.0 Å². The van der Waals surface area contributed by atoms with Gasteiger partial charge in [-0.2, -0.15) is 4.31 Å². The molecule has 1 aromatic rings. The Morgan fingerprint density at radius 2 is 2.21 bits per heavy atom. The monoisotopic (exact) mass is 282 g/mol. The first-order valence-corrected chi connectivity index (χ1v) is 7.51. The number of rotatable bonds is 6. The van der Waals surface area contributed by atoms with E-state index in [2.05, 4.69) is 6.58 Å². The lowest BCUT2D eigenvalue weighted by molar-refractivity contribution is 0.394. The highest BCUT2D eigenvalue weighted by Gasteiger charge is 2.38. The van der Waals surface area contributed by atoms with Crippen LogP contribution in [-0.2, 0) is 10.0 Å². The van der Waals surface area contributed by atoms with Gasteiger partial charge in [-0.3, -0.25) is 0 Å². The lowest BCUT2D eigenvalue weighted by Gasteiger charge is -2.21. The molecule has 5 nitrogen and oxygen atoms in total. The van der Waals surface area contributed by atoms with Gasteiger partial charge in [0.15, 0.2) is 0 Å². The number of sulfonamides is 1. The fourth-order valence-electron chi connectivity index (χ4n) is 1.96. The molecule has 0 heterocycles. The maximum Gasteiger partial charge on any atom is 0.247 e. The van der Waals surface area contributed by atoms with Crippen LogP contribution in [0.2, 0.25) is 0 Å². The minimum absolute atomic E-state index is 0.0743. The highest BCUT2D eigenvalue weighted by atomic mass is 32.2. The number of nitrogens with zero attached hydrogens (tertiary/aromatic N) is 1. The number of hydrogen-bond acceptors (Lipinski definition) is 4. The van der Waals surface area contributed by atoms with Gasteiger partial charge in [0.2, 0.25) is 10.0 Å². The molecule has 0 amide bonds. The van der Waals surface area contributed by atoms with Crippen LogP contribution in [0.3, 0.4) is 0 Å². The van der Waals surface area contributed by atoms with Gasteiger partial charge in [0.05, 0.1) is 7.11 Å². The zero-order valence-corrected chi connectivity index (χ0v) is 11.7. The Morgan fingerprint density at radius 1 is 1.53 bits per heavy atom. The van der Waals surface area contributed by atoms with Crippen molar-refractivity contribution in [2.24, 2.45) is 0 Å². The summed E-state index contributed by atoms with van der Waals surface area (Å²) in [5.41, 5.74) is 6.12. The Labute approximate surface area is 113 Å². The van der Waals surface area contributed by atoms with E-state index in [4.69, 9.17) is 10.5 Å². The van der Waals surface area contributed by atoms with Crippen LogP contribution in [0.5, 0.6) is 5.75 Å². The topological polar surface area (TPSA) is 72.6 Å². The molecule has 1 saturated carbocycles. The van der Waals surface area contributed by atoms with E-state index in [-0.39, 0.29) is 16.7 Å². The van der Waals surface area contributed by atoms with E-state index in [1.165, 1.54) is 23.5 Å². The van der Waals surface area contributed by atoms with Crippen molar-refractivity contribution >= 4 is 15.7 Å². The van der Waals surface area contributed by atoms with Gasteiger partial charge in [0, 0.05) is 24.3 Å². The van der Waals surface area contributed by atoms with E-state index >= 15 is 0 Å². The van der Waals surface area contributed by atoms with Crippen LogP contribution in [0.15, 0.2) is 35.7 Å². The Hall–Kier alpha value is -1.53. The maximum absolute atomic E-state index is 12.7. The zero-order chi connectivity index (χ0) is 14.0. The van der Waals surface area contributed by atoms with Crippen LogP contribution in [0.4, 0.5) is 5.69 Å². The standard InChI is InChI=1S/C13H18N2O3S/c1-3-8-15(11-5-6-11)19(16,17)13-7-4-10(14)9-12(13)18-2/h3-4,7,9,11H,1,5-6,8,14H2,2H3. The molecule has 0 bridgehead atoms. The number of nitrogen functional groups attached to an aromatic ring is 1. The summed E-state index contributed by atoms with van der Waals surface area (Å²) >= 11 is 0. The van der Waals surface area contributed by atoms with Crippen LogP contribution in [-0.4, -0.2) is 32.4 Å². The van der Waals surface area contributed by atoms with E-state index in [1.54, 1.807) is 12.1 Å². The van der Waals surface area contributed by atoms with Crippen molar-refractivity contribution in [2.45, 2.75) is 23.8 Å². The molecule has 2 N–H and O–H groups in total. The van der Waals surface area contributed by atoms with Gasteiger partial charge in [0.25, 0.3) is 0 Å². The van der Waals surface area contributed by atoms with Crippen molar-refractivity contribution in [3.05, 3.63) is 30.9 Å². The third-order valence-electron chi connectivity index (χ3n) is 3.04. The molecule has 0 saturated heterocycles. The summed E-state index contributed by atoms with van der Waals surface area (Å²) in [5, 5.41) is 0. The highest BCUT2D eigenvalue weighted by Crippen LogP contribution is 2.35. The summed E-state index contributed by atoms with van der Waals surface area (Å²) in [5.74, 6) is 0.273. The Bertz CT molecular complexity index is 580. The average Bonchev–Trinajstić information content (AvgIpc) is 3.19. The molecule has 6 heteroatoms. The molecule has 19 heavy (non-hydrogen) atoms. The average molecular weight is 282 g/mol. The smallest absolute Gasteiger partial charge is 0.247 e. The zero-order valence-electron chi connectivity index (χ0n) is 10.9. The number of benzene rings is 1. The SMILES string of the molecule is C=CCN(C1CC1)S(=O)(=O)c1ccc(N)cc1OC. The summed E-state index contributed by atoms with van der Waals surface area (Å²) in [6, 6.07) is 4.65. The van der Waals surface area contributed by atoms with Crippen molar-refractivity contribution in [2.75, 3.05) is 19.4 Å². The van der Waals surface area contributed by atoms with Gasteiger partial charge >= 0.3 is 0 Å². The predicted molar refractivity (Wildman–Crippen MR) is 74.5 cm³/mol. The Morgan fingerprint density at radius 3 is 2.74 bits per heavy atom. The molecule has 1 aliphatic carbocycles. The van der Waals surface area contributed by atoms with E-state index in [0.29, 0.717) is 12.2 Å². The fraction of sp³-hybridized carbons (Fsp3) is 0.385. The van der Waals surface area contributed by atoms with Crippen molar-refractivity contribution < 1.29 is 13.2 Å². The van der Waals surface area contributed by atoms with Gasteiger partial charge in [-0.25, -0.2) is 8.42 Å². The van der Waals surface area contributed by atoms with E-state index in [0.717, 1.165) is 12.8 Å². The molecule has 104 valence electrons. The molecule has 1 fully saturated rings. The van der Waals surface area contributed by atoms with E-state index in [9.17, 15) is 8.42 Å². The first-order chi connectivity index (χ1) is 9.00. The van der Waals surface area contributed by atoms with Crippen LogP contribution in [0.1, 0.15) is 12.8 Å². The molecule has 1 aromatic carbocycles. The first kappa shape index (κ1) is 13.9. The summed E-state index contributed by atoms with van der Waals surface area (Å²) < 4.78 is 31.9. The minimum Gasteiger partial charge on any atom is -0.495 e. The fourth-order valence-corrected chi connectivity index (χ4v) is 3.75. The number of methoxy groups -OCH3 is 1. The second kappa shape index (κ2) is 5.22. The van der Waals surface area contributed by atoms with Gasteiger partial charge in [-0.1, -0.05) is 6.08 Å². The van der Waals surface area contributed by atoms with E-state index < -0.39 is 10.0 Å². The van der Waals surface area contributed by atoms with Crippen molar-refractivity contribution in [1.29, 1.82) is 0 Å². The van der Waals surface area contributed by atoms with Crippen LogP contribution < -0.4 is 10.5 Å². The predicted octanol–water partition coefficient (Wildman–Crippen LogP) is 1.62. The van der Waals surface area contributed by atoms with Crippen molar-refractivity contribution in [1.82, 2.24) is 4.31 Å². The molecule has 0 aliphatic heterocycles. The van der Waals surface area contributed by atoms with Gasteiger partial charge in [0.1, 0.15) is 10.6 Å². The quantitative estimate of drug-likeness (QED) is 0.635. The summed E-state index contributed by atoms with van der Waals surface area (Å²) in [7, 11) is -2.14. The number of nitrogens with two attached hydrogens (primary N) is 1. The molecule has 2 rings (SSSR count). The maximum atomic E-state index is 12.7. The highest BCUT2D eigenvalue weighted by molar-refractivity contribution is 7.89. The number of anilines is 1. The molecular formula is C13H18N2O3S. The van der Waals surface area contributed by atoms with Crippen molar-refractivity contribution in [3.8, 4) is 5.75 Å². The van der Waals surface area contributed by atoms with Gasteiger partial charge < -0.3 is 10.5 Å². The molecule has 0 spiro atoms. The third-order valence-corrected chi connectivity index (χ3v) is 5.00. The lowest BCUT2D eigenvalue weighted by atomic mass is 10.3. The molecule has 0 aromatic heterocycles. The van der Waals surface area contributed by atoms with E-state index in [1.807, 2.05) is 0 Å². The summed E-state index contributed by atoms with van der Waals surface area (Å²) in [6.07, 6.45) is 3.38. The Balaban J connectivity index is 2.45. The first-order valence-electron chi connectivity index (χ1n) is 6.07. The molecule has 0 unspecified atom stereocenters. The normalized spacial score (nSPS) is 15.5. The lowest BCUT2D eigenvalue weighted by Crippen LogP contribution is -2.33. The largest absolute Gasteiger partial charge is 0.495 e. The van der Waals surface area contributed by atoms with Gasteiger partial charge in [-0.15, -0.1) is 6.58 Å². The number of ether oxygens (including phenoxy) is 1. The van der Waals surface area contributed by atoms with Crippen LogP contribution in [0.25, 0.3) is 0 Å². The summed E-state index contributed by atoms with van der Waals surface area (Å²) in [6.45, 7) is 3.92. The third kappa shape index (κ3) is 2.74. The minimum atomic E-state index is -3.58. The number of hydrogen-bond donors (Lipinski definition) is 1. The second-order valence-electron chi connectivity index (χ2n) is 4.50. The molecule has 0 atom stereocenters. The van der Waals surface area contributed by atoms with Crippen molar-refractivity contribution in [3.63, 3.8) is 0 Å². The molecule has 1 aliphatic rings.